The normalized spacial score (nSPS) is 13.3. The van der Waals surface area contributed by atoms with Crippen molar-refractivity contribution in [2.45, 2.75) is 0 Å². The zero-order valence-corrected chi connectivity index (χ0v) is 15.6. The second-order valence-corrected chi connectivity index (χ2v) is 6.96. The van der Waals surface area contributed by atoms with Gasteiger partial charge in [0.15, 0.2) is 0 Å². The Morgan fingerprint density at radius 1 is 0.704 bits per heavy atom. The van der Waals surface area contributed by atoms with Gasteiger partial charge >= 0.3 is 0 Å². The van der Waals surface area contributed by atoms with E-state index in [1.54, 1.807) is 0 Å². The van der Waals surface area contributed by atoms with E-state index in [0.717, 1.165) is 5.57 Å². The summed E-state index contributed by atoms with van der Waals surface area (Å²) in [5, 5.41) is 10.3. The van der Waals surface area contributed by atoms with Crippen molar-refractivity contribution < 1.29 is 0 Å². The van der Waals surface area contributed by atoms with Gasteiger partial charge in [-0.25, -0.2) is 0 Å². The van der Waals surface area contributed by atoms with Crippen molar-refractivity contribution in [3.63, 3.8) is 0 Å². The Morgan fingerprint density at radius 2 is 1.33 bits per heavy atom. The van der Waals surface area contributed by atoms with Crippen LogP contribution in [0.5, 0.6) is 0 Å². The van der Waals surface area contributed by atoms with Gasteiger partial charge in [-0.15, -0.1) is 0 Å². The fourth-order valence-corrected chi connectivity index (χ4v) is 3.41. The van der Waals surface area contributed by atoms with Crippen LogP contribution in [0.4, 0.5) is 5.69 Å². The van der Waals surface area contributed by atoms with Gasteiger partial charge in [0.1, 0.15) is 0 Å². The molecule has 0 amide bonds. The predicted octanol–water partition coefficient (Wildman–Crippen LogP) is 5.85. The molecule has 1 N–H and O–H groups in total. The Balaban J connectivity index is 1.90. The summed E-state index contributed by atoms with van der Waals surface area (Å²) < 4.78 is 0. The van der Waals surface area contributed by atoms with Crippen LogP contribution >= 0.6 is 0 Å². The van der Waals surface area contributed by atoms with Crippen molar-refractivity contribution in [3.8, 4) is 0 Å². The quantitative estimate of drug-likeness (QED) is 0.630. The molecule has 0 saturated carbocycles. The monoisotopic (exact) mass is 350 g/mol. The number of fused-ring (bicyclic) bond motifs is 1. The second-order valence-electron chi connectivity index (χ2n) is 6.96. The topological polar surface area (TPSA) is 27.1 Å². The van der Waals surface area contributed by atoms with E-state index < -0.39 is 0 Å². The van der Waals surface area contributed by atoms with E-state index in [9.17, 15) is 0 Å². The minimum atomic E-state index is 0.527. The Bertz CT molecular complexity index is 1080. The van der Waals surface area contributed by atoms with Crippen molar-refractivity contribution in [2.75, 3.05) is 19.0 Å². The van der Waals surface area contributed by atoms with Crippen LogP contribution in [-0.2, 0) is 0 Å². The van der Waals surface area contributed by atoms with Gasteiger partial charge in [-0.05, 0) is 63.4 Å². The molecule has 4 rings (SSSR count). The lowest BCUT2D eigenvalue weighted by molar-refractivity contribution is 1.13. The largest absolute Gasteiger partial charge is 0.378 e. The minimum absolute atomic E-state index is 0.527. The molecule has 0 aromatic heterocycles. The zero-order valence-electron chi connectivity index (χ0n) is 15.6. The Hall–Kier alpha value is -3.39. The number of rotatable bonds is 3. The van der Waals surface area contributed by atoms with Crippen LogP contribution in [0.25, 0.3) is 16.3 Å². The van der Waals surface area contributed by atoms with Crippen LogP contribution in [0.2, 0.25) is 0 Å². The molecule has 0 unspecified atom stereocenters. The molecule has 0 saturated heterocycles. The summed E-state index contributed by atoms with van der Waals surface area (Å²) in [5.41, 5.74) is 6.38. The molecule has 2 nitrogen and oxygen atoms in total. The first kappa shape index (κ1) is 17.0. The molecule has 3 aromatic rings. The molecule has 0 bridgehead atoms. The van der Waals surface area contributed by atoms with Gasteiger partial charge in [-0.2, -0.15) is 0 Å². The lowest BCUT2D eigenvalue weighted by atomic mass is 9.89. The zero-order chi connectivity index (χ0) is 18.8. The standard InChI is InChI=1S/C25H22N2/c1-27(2)24-15-11-20(12-16-24)25(19-9-13-23(26)14-10-19)22-8-7-18-5-3-4-6-21(18)17-22/h3-17,26H,1-2H3. The average molecular weight is 350 g/mol. The van der Waals surface area contributed by atoms with Crippen molar-refractivity contribution >= 4 is 27.7 Å². The summed E-state index contributed by atoms with van der Waals surface area (Å²) in [6, 6.07) is 23.7. The van der Waals surface area contributed by atoms with Crippen molar-refractivity contribution in [3.05, 3.63) is 108 Å². The Kier molecular flexibility index (Phi) is 4.47. The van der Waals surface area contributed by atoms with Crippen molar-refractivity contribution in [1.29, 1.82) is 5.41 Å². The number of allylic oxidation sites excluding steroid dienone is 5. The van der Waals surface area contributed by atoms with Crippen molar-refractivity contribution in [2.24, 2.45) is 0 Å². The van der Waals surface area contributed by atoms with Gasteiger partial charge in [-0.1, -0.05) is 60.7 Å². The summed E-state index contributed by atoms with van der Waals surface area (Å²) in [6.45, 7) is 0. The maximum absolute atomic E-state index is 7.81. The van der Waals surface area contributed by atoms with Crippen LogP contribution < -0.4 is 4.90 Å². The highest BCUT2D eigenvalue weighted by Gasteiger charge is 2.12. The molecule has 27 heavy (non-hydrogen) atoms. The third-order valence-corrected chi connectivity index (χ3v) is 4.88. The predicted molar refractivity (Wildman–Crippen MR) is 117 cm³/mol. The van der Waals surface area contributed by atoms with Crippen molar-refractivity contribution in [1.82, 2.24) is 0 Å². The summed E-state index contributed by atoms with van der Waals surface area (Å²) in [5.74, 6) is 0. The van der Waals surface area contributed by atoms with Crippen LogP contribution in [-0.4, -0.2) is 19.8 Å². The van der Waals surface area contributed by atoms with Crippen LogP contribution in [0.3, 0.4) is 0 Å². The van der Waals surface area contributed by atoms with Crippen LogP contribution in [0.1, 0.15) is 11.1 Å². The molecule has 0 fully saturated rings. The fourth-order valence-electron chi connectivity index (χ4n) is 3.41. The highest BCUT2D eigenvalue weighted by Crippen LogP contribution is 2.32. The number of benzene rings is 3. The van der Waals surface area contributed by atoms with E-state index in [4.69, 9.17) is 5.41 Å². The maximum atomic E-state index is 7.81. The minimum Gasteiger partial charge on any atom is -0.378 e. The molecule has 132 valence electrons. The van der Waals surface area contributed by atoms with E-state index >= 15 is 0 Å². The molecule has 2 heteroatoms. The van der Waals surface area contributed by atoms with Gasteiger partial charge < -0.3 is 10.3 Å². The van der Waals surface area contributed by atoms with E-state index in [1.165, 1.54) is 33.2 Å². The number of nitrogens with one attached hydrogen (secondary N) is 1. The van der Waals surface area contributed by atoms with E-state index in [0.29, 0.717) is 5.71 Å². The van der Waals surface area contributed by atoms with Gasteiger partial charge in [0.25, 0.3) is 0 Å². The summed E-state index contributed by atoms with van der Waals surface area (Å²) in [7, 11) is 4.10. The molecule has 3 aromatic carbocycles. The van der Waals surface area contributed by atoms with Gasteiger partial charge in [0.2, 0.25) is 0 Å². The molecule has 0 aliphatic heterocycles. The first-order valence-corrected chi connectivity index (χ1v) is 9.08. The highest BCUT2D eigenvalue weighted by molar-refractivity contribution is 6.05. The SMILES string of the molecule is CN(C)c1ccc(C(=C2C=CC(=N)C=C2)c2ccc3ccccc3c2)cc1. The summed E-state index contributed by atoms with van der Waals surface area (Å²) in [6.07, 6.45) is 7.77. The molecule has 1 aliphatic rings. The third-order valence-electron chi connectivity index (χ3n) is 4.88. The van der Waals surface area contributed by atoms with E-state index in [1.807, 2.05) is 24.3 Å². The Labute approximate surface area is 160 Å². The van der Waals surface area contributed by atoms with Crippen LogP contribution in [0.15, 0.2) is 96.6 Å². The first-order valence-electron chi connectivity index (χ1n) is 9.08. The van der Waals surface area contributed by atoms with E-state index in [2.05, 4.69) is 85.7 Å². The lowest BCUT2D eigenvalue weighted by Crippen LogP contribution is -2.08. The average Bonchev–Trinajstić information content (AvgIpc) is 2.70. The second kappa shape index (κ2) is 7.08. The number of anilines is 1. The molecule has 0 radical (unpaired) electrons. The lowest BCUT2D eigenvalue weighted by Gasteiger charge is -2.17. The Morgan fingerprint density at radius 3 is 2.00 bits per heavy atom. The molecule has 0 heterocycles. The first-order chi connectivity index (χ1) is 13.1. The van der Waals surface area contributed by atoms with Crippen LogP contribution in [0, 0.1) is 5.41 Å². The highest BCUT2D eigenvalue weighted by atomic mass is 15.1. The number of nitrogens with zero attached hydrogens (tertiary/aromatic N) is 1. The molecule has 0 atom stereocenters. The van der Waals surface area contributed by atoms with Gasteiger partial charge in [0, 0.05) is 19.8 Å². The maximum Gasteiger partial charge on any atom is 0.0540 e. The number of hydrogen-bond acceptors (Lipinski definition) is 2. The van der Waals surface area contributed by atoms with E-state index in [-0.39, 0.29) is 0 Å². The summed E-state index contributed by atoms with van der Waals surface area (Å²) >= 11 is 0. The smallest absolute Gasteiger partial charge is 0.0540 e. The molecule has 0 spiro atoms. The van der Waals surface area contributed by atoms with Gasteiger partial charge in [0.05, 0.1) is 5.71 Å². The number of hydrogen-bond donors (Lipinski definition) is 1. The van der Waals surface area contributed by atoms with Gasteiger partial charge in [-0.3, -0.25) is 0 Å². The third kappa shape index (κ3) is 3.47. The molecular formula is C25H22N2. The summed E-state index contributed by atoms with van der Waals surface area (Å²) in [4.78, 5) is 2.11. The molecule has 1 aliphatic carbocycles. The molecular weight excluding hydrogens is 328 g/mol. The fraction of sp³-hybridized carbons (Fsp3) is 0.0800.